The first-order valence-electron chi connectivity index (χ1n) is 5.40. The third-order valence-corrected chi connectivity index (χ3v) is 3.40. The summed E-state index contributed by atoms with van der Waals surface area (Å²) in [6.45, 7) is 0. The van der Waals surface area contributed by atoms with Gasteiger partial charge < -0.3 is 15.5 Å². The van der Waals surface area contributed by atoms with Gasteiger partial charge in [0.05, 0.1) is 11.0 Å². The maximum absolute atomic E-state index is 11.3. The highest BCUT2D eigenvalue weighted by molar-refractivity contribution is 7.60. The summed E-state index contributed by atoms with van der Waals surface area (Å²) in [6.07, 6.45) is 0. The van der Waals surface area contributed by atoms with Gasteiger partial charge in [0.1, 0.15) is 11.4 Å². The molecule has 98 valence electrons. The van der Waals surface area contributed by atoms with Crippen LogP contribution in [0, 0.1) is 0 Å². The molecule has 0 aromatic heterocycles. The van der Waals surface area contributed by atoms with Crippen molar-refractivity contribution in [3.05, 3.63) is 48.5 Å². The number of hydrogen-bond acceptors (Lipinski definition) is 4. The summed E-state index contributed by atoms with van der Waals surface area (Å²) < 4.78 is 11.3. The van der Waals surface area contributed by atoms with Crippen LogP contribution in [0.5, 0.6) is 0 Å². The number of nitrogen functional groups attached to an aromatic ring is 1. The van der Waals surface area contributed by atoms with E-state index in [1.807, 2.05) is 0 Å². The van der Waals surface area contributed by atoms with Crippen LogP contribution >= 0.6 is 7.60 Å². The Balaban J connectivity index is 2.40. The van der Waals surface area contributed by atoms with Crippen LogP contribution < -0.4 is 11.0 Å². The molecule has 0 atom stereocenters. The molecule has 2 aromatic carbocycles. The summed E-state index contributed by atoms with van der Waals surface area (Å²) >= 11 is 0. The Hall–Kier alpha value is -2.01. The topological polar surface area (TPSA) is 108 Å². The minimum atomic E-state index is -4.37. The molecular formula is C12H12N3O3P. The van der Waals surface area contributed by atoms with Crippen molar-refractivity contribution in [3.63, 3.8) is 0 Å². The summed E-state index contributed by atoms with van der Waals surface area (Å²) in [6, 6.07) is 12.8. The van der Waals surface area contributed by atoms with E-state index in [9.17, 15) is 14.4 Å². The summed E-state index contributed by atoms with van der Waals surface area (Å²) in [4.78, 5) is 18.4. The van der Waals surface area contributed by atoms with Gasteiger partial charge in [0.2, 0.25) is 0 Å². The summed E-state index contributed by atoms with van der Waals surface area (Å²) in [5.41, 5.74) is 6.72. The molecule has 2 rings (SSSR count). The predicted octanol–water partition coefficient (Wildman–Crippen LogP) is 2.49. The monoisotopic (exact) mass is 277 g/mol. The molecule has 4 N–H and O–H groups in total. The van der Waals surface area contributed by atoms with E-state index in [-0.39, 0.29) is 11.0 Å². The molecule has 0 radical (unpaired) electrons. The normalized spacial score (nSPS) is 11.9. The van der Waals surface area contributed by atoms with Crippen LogP contribution in [0.2, 0.25) is 0 Å². The second kappa shape index (κ2) is 5.32. The Morgan fingerprint density at radius 3 is 2.05 bits per heavy atom. The molecule has 0 aliphatic heterocycles. The number of nitrogens with zero attached hydrogens (tertiary/aromatic N) is 2. The lowest BCUT2D eigenvalue weighted by atomic mass is 10.3. The fourth-order valence-electron chi connectivity index (χ4n) is 1.48. The lowest BCUT2D eigenvalue weighted by molar-refractivity contribution is 0.387. The highest BCUT2D eigenvalue weighted by Gasteiger charge is 2.20. The zero-order valence-electron chi connectivity index (χ0n) is 9.84. The average Bonchev–Trinajstić information content (AvgIpc) is 2.37. The predicted molar refractivity (Wildman–Crippen MR) is 73.2 cm³/mol. The van der Waals surface area contributed by atoms with Crippen LogP contribution in [0.4, 0.5) is 17.1 Å². The SMILES string of the molecule is Nc1ccccc1/N=N/c1ccccc1P(=O)(O)O. The quantitative estimate of drug-likeness (QED) is 0.455. The molecule has 6 nitrogen and oxygen atoms in total. The van der Waals surface area contributed by atoms with Crippen LogP contribution in [0.1, 0.15) is 0 Å². The number of para-hydroxylation sites is 1. The largest absolute Gasteiger partial charge is 0.397 e. The molecular weight excluding hydrogens is 265 g/mol. The Kier molecular flexibility index (Phi) is 3.76. The van der Waals surface area contributed by atoms with Crippen molar-refractivity contribution < 1.29 is 14.4 Å². The van der Waals surface area contributed by atoms with Gasteiger partial charge in [-0.15, -0.1) is 10.2 Å². The van der Waals surface area contributed by atoms with Gasteiger partial charge in [0, 0.05) is 0 Å². The van der Waals surface area contributed by atoms with Crippen molar-refractivity contribution in [2.75, 3.05) is 5.73 Å². The van der Waals surface area contributed by atoms with Crippen molar-refractivity contribution in [1.82, 2.24) is 0 Å². The van der Waals surface area contributed by atoms with Crippen LogP contribution in [0.15, 0.2) is 58.8 Å². The first-order valence-corrected chi connectivity index (χ1v) is 7.01. The Bertz CT molecular complexity index is 667. The molecule has 0 bridgehead atoms. The first kappa shape index (κ1) is 13.4. The average molecular weight is 277 g/mol. The molecule has 2 aromatic rings. The number of azo groups is 1. The van der Waals surface area contributed by atoms with E-state index in [0.29, 0.717) is 11.4 Å². The van der Waals surface area contributed by atoms with Gasteiger partial charge in [-0.1, -0.05) is 24.3 Å². The maximum Gasteiger partial charge on any atom is 0.358 e. The van der Waals surface area contributed by atoms with Gasteiger partial charge in [0.25, 0.3) is 0 Å². The lowest BCUT2D eigenvalue weighted by Crippen LogP contribution is -2.03. The molecule has 0 amide bonds. The van der Waals surface area contributed by atoms with E-state index < -0.39 is 7.60 Å². The summed E-state index contributed by atoms with van der Waals surface area (Å²) in [5, 5.41) is 7.60. The second-order valence-corrected chi connectivity index (χ2v) is 5.36. The van der Waals surface area contributed by atoms with Crippen LogP contribution in [0.3, 0.4) is 0 Å². The molecule has 19 heavy (non-hydrogen) atoms. The van der Waals surface area contributed by atoms with Gasteiger partial charge in [-0.25, -0.2) is 0 Å². The van der Waals surface area contributed by atoms with Gasteiger partial charge in [-0.2, -0.15) is 0 Å². The van der Waals surface area contributed by atoms with E-state index in [1.165, 1.54) is 18.2 Å². The molecule has 7 heteroatoms. The minimum Gasteiger partial charge on any atom is -0.397 e. The summed E-state index contributed by atoms with van der Waals surface area (Å²) in [7, 11) is -4.37. The van der Waals surface area contributed by atoms with E-state index in [2.05, 4.69) is 10.2 Å². The van der Waals surface area contributed by atoms with Gasteiger partial charge in [0.15, 0.2) is 0 Å². The molecule has 0 spiro atoms. The fraction of sp³-hybridized carbons (Fsp3) is 0. The van der Waals surface area contributed by atoms with Crippen LogP contribution in [-0.4, -0.2) is 9.79 Å². The molecule has 0 fully saturated rings. The number of rotatable bonds is 3. The molecule has 0 unspecified atom stereocenters. The highest BCUT2D eigenvalue weighted by atomic mass is 31.2. The van der Waals surface area contributed by atoms with Crippen LogP contribution in [0.25, 0.3) is 0 Å². The number of nitrogens with two attached hydrogens (primary N) is 1. The smallest absolute Gasteiger partial charge is 0.358 e. The van der Waals surface area contributed by atoms with E-state index in [0.717, 1.165) is 0 Å². The van der Waals surface area contributed by atoms with Gasteiger partial charge >= 0.3 is 7.60 Å². The zero-order chi connectivity index (χ0) is 13.9. The van der Waals surface area contributed by atoms with Crippen molar-refractivity contribution in [1.29, 1.82) is 0 Å². The standard InChI is InChI=1S/C12H12N3O3P/c13-9-5-1-2-6-10(9)14-15-11-7-3-4-8-12(11)19(16,17)18/h1-8H,13H2,(H2,16,17,18)/b15-14+. The van der Waals surface area contributed by atoms with Gasteiger partial charge in [-0.05, 0) is 24.3 Å². The maximum atomic E-state index is 11.3. The molecule has 0 aliphatic rings. The van der Waals surface area contributed by atoms with Crippen LogP contribution in [-0.2, 0) is 4.57 Å². The highest BCUT2D eigenvalue weighted by Crippen LogP contribution is 2.37. The molecule has 0 heterocycles. The third-order valence-electron chi connectivity index (χ3n) is 2.40. The number of hydrogen-bond donors (Lipinski definition) is 3. The zero-order valence-corrected chi connectivity index (χ0v) is 10.7. The molecule has 0 saturated heterocycles. The second-order valence-electron chi connectivity index (χ2n) is 3.79. The molecule has 0 aliphatic carbocycles. The Morgan fingerprint density at radius 1 is 0.895 bits per heavy atom. The Morgan fingerprint density at radius 2 is 1.42 bits per heavy atom. The van der Waals surface area contributed by atoms with Crippen molar-refractivity contribution in [3.8, 4) is 0 Å². The lowest BCUT2D eigenvalue weighted by Gasteiger charge is -2.06. The van der Waals surface area contributed by atoms with E-state index in [4.69, 9.17) is 5.73 Å². The Labute approximate surface area is 109 Å². The first-order chi connectivity index (χ1) is 8.98. The van der Waals surface area contributed by atoms with Crippen molar-refractivity contribution in [2.45, 2.75) is 0 Å². The van der Waals surface area contributed by atoms with E-state index >= 15 is 0 Å². The minimum absolute atomic E-state index is 0.124. The van der Waals surface area contributed by atoms with Crippen molar-refractivity contribution >= 4 is 30.0 Å². The van der Waals surface area contributed by atoms with E-state index in [1.54, 1.807) is 30.3 Å². The van der Waals surface area contributed by atoms with Gasteiger partial charge in [-0.3, -0.25) is 4.57 Å². The summed E-state index contributed by atoms with van der Waals surface area (Å²) in [5.74, 6) is 0. The fourth-order valence-corrected chi connectivity index (χ4v) is 2.18. The van der Waals surface area contributed by atoms with Crippen molar-refractivity contribution in [2.24, 2.45) is 10.2 Å². The number of benzene rings is 2. The number of anilines is 1. The third kappa shape index (κ3) is 3.26. The molecule has 0 saturated carbocycles.